The third-order valence-corrected chi connectivity index (χ3v) is 6.66. The predicted molar refractivity (Wildman–Crippen MR) is 127 cm³/mol. The van der Waals surface area contributed by atoms with Gasteiger partial charge in [-0.05, 0) is 51.5 Å². The average Bonchev–Trinajstić information content (AvgIpc) is 3.39. The van der Waals surface area contributed by atoms with Crippen LogP contribution >= 0.6 is 11.6 Å². The lowest BCUT2D eigenvalue weighted by atomic mass is 10.0. The van der Waals surface area contributed by atoms with Crippen molar-refractivity contribution < 1.29 is 4.74 Å². The van der Waals surface area contributed by atoms with Crippen LogP contribution in [0.4, 0.5) is 0 Å². The number of nitrogens with one attached hydrogen (secondary N) is 1. The fraction of sp³-hybridized carbons (Fsp3) is 0.375. The Morgan fingerprint density at radius 1 is 1.16 bits per heavy atom. The summed E-state index contributed by atoms with van der Waals surface area (Å²) < 4.78 is 7.26. The molecule has 5 rings (SSSR count). The molecule has 8 heteroatoms. The molecule has 1 saturated heterocycles. The van der Waals surface area contributed by atoms with E-state index in [4.69, 9.17) is 21.3 Å². The number of ether oxygens (including phenoxy) is 1. The Morgan fingerprint density at radius 3 is 2.62 bits per heavy atom. The Balaban J connectivity index is 1.56. The van der Waals surface area contributed by atoms with Gasteiger partial charge < -0.3 is 14.6 Å². The quantitative estimate of drug-likeness (QED) is 0.464. The van der Waals surface area contributed by atoms with Crippen molar-refractivity contribution >= 4 is 22.6 Å². The highest BCUT2D eigenvalue weighted by Crippen LogP contribution is 2.36. The van der Waals surface area contributed by atoms with Gasteiger partial charge in [-0.3, -0.25) is 4.68 Å². The van der Waals surface area contributed by atoms with E-state index in [1.165, 1.54) is 0 Å². The second-order valence-corrected chi connectivity index (χ2v) is 8.75. The molecule has 0 aliphatic carbocycles. The van der Waals surface area contributed by atoms with Crippen LogP contribution in [0, 0.1) is 0 Å². The van der Waals surface area contributed by atoms with E-state index >= 15 is 0 Å². The molecule has 1 aliphatic heterocycles. The second kappa shape index (κ2) is 8.56. The number of nitrogens with zero attached hydrogens (tertiary/aromatic N) is 5. The Bertz CT molecular complexity index is 1240. The van der Waals surface area contributed by atoms with Gasteiger partial charge >= 0.3 is 0 Å². The molecule has 7 nitrogen and oxygen atoms in total. The maximum absolute atomic E-state index is 6.60. The van der Waals surface area contributed by atoms with Gasteiger partial charge in [0, 0.05) is 58.0 Å². The van der Waals surface area contributed by atoms with Crippen molar-refractivity contribution in [2.75, 3.05) is 27.2 Å². The fourth-order valence-corrected chi connectivity index (χ4v) is 4.77. The molecule has 1 aliphatic rings. The topological polar surface area (TPSA) is 71.9 Å². The number of aryl methyl sites for hydroxylation is 1. The minimum atomic E-state index is 0.383. The summed E-state index contributed by atoms with van der Waals surface area (Å²) in [5.74, 6) is 0.596. The van der Waals surface area contributed by atoms with Crippen LogP contribution < -0.4 is 4.74 Å². The molecule has 0 bridgehead atoms. The van der Waals surface area contributed by atoms with Crippen molar-refractivity contribution in [3.05, 3.63) is 47.6 Å². The molecule has 32 heavy (non-hydrogen) atoms. The number of pyridine rings is 2. The highest BCUT2D eigenvalue weighted by atomic mass is 35.5. The van der Waals surface area contributed by atoms with Crippen molar-refractivity contribution in [3.63, 3.8) is 0 Å². The third kappa shape index (κ3) is 3.76. The van der Waals surface area contributed by atoms with E-state index in [2.05, 4.69) is 46.2 Å². The van der Waals surface area contributed by atoms with E-state index < -0.39 is 0 Å². The van der Waals surface area contributed by atoms with E-state index in [1.807, 2.05) is 29.2 Å². The van der Waals surface area contributed by atoms with Gasteiger partial charge in [0.15, 0.2) is 5.15 Å². The van der Waals surface area contributed by atoms with Gasteiger partial charge in [0.05, 0.1) is 13.2 Å². The molecule has 0 radical (unpaired) electrons. The lowest BCUT2D eigenvalue weighted by Crippen LogP contribution is -2.31. The van der Waals surface area contributed by atoms with Crippen LogP contribution in [0.5, 0.6) is 5.88 Å². The minimum Gasteiger partial charge on any atom is -0.481 e. The number of halogens is 1. The number of aromatic amines is 1. The summed E-state index contributed by atoms with van der Waals surface area (Å²) in [5, 5.41) is 6.21. The van der Waals surface area contributed by atoms with Gasteiger partial charge in [-0.25, -0.2) is 9.97 Å². The first kappa shape index (κ1) is 21.0. The highest BCUT2D eigenvalue weighted by Gasteiger charge is 2.22. The number of H-pyrrole nitrogens is 1. The number of likely N-dealkylation sites (tertiary alicyclic amines) is 1. The predicted octanol–water partition coefficient (Wildman–Crippen LogP) is 4.98. The number of rotatable bonds is 5. The molecule has 4 aromatic heterocycles. The standard InChI is InChI=1S/C24H27ClN6O/c1-4-20-22(15-5-6-21(32-3)26-12-15)18-11-16(13-27-24(18)28-20)19-14-31(29-23(19)25)17-7-9-30(2)10-8-17/h5-6,11-14,17H,4,7-10H2,1-3H3,(H,27,28). The van der Waals surface area contributed by atoms with E-state index in [0.29, 0.717) is 17.1 Å². The Morgan fingerprint density at radius 2 is 1.94 bits per heavy atom. The Hall–Kier alpha value is -2.90. The van der Waals surface area contributed by atoms with Crippen LogP contribution in [0.25, 0.3) is 33.3 Å². The van der Waals surface area contributed by atoms with E-state index in [9.17, 15) is 0 Å². The molecule has 4 aromatic rings. The molecule has 0 aromatic carbocycles. The first-order valence-electron chi connectivity index (χ1n) is 11.0. The van der Waals surface area contributed by atoms with Gasteiger partial charge in [-0.2, -0.15) is 5.10 Å². The van der Waals surface area contributed by atoms with Gasteiger partial charge in [-0.1, -0.05) is 18.5 Å². The van der Waals surface area contributed by atoms with Crippen LogP contribution in [0.15, 0.2) is 36.8 Å². The summed E-state index contributed by atoms with van der Waals surface area (Å²) in [6.45, 7) is 4.29. The zero-order valence-corrected chi connectivity index (χ0v) is 19.4. The summed E-state index contributed by atoms with van der Waals surface area (Å²) in [7, 11) is 3.78. The van der Waals surface area contributed by atoms with Crippen molar-refractivity contribution in [2.45, 2.75) is 32.2 Å². The maximum atomic E-state index is 6.60. The minimum absolute atomic E-state index is 0.383. The average molecular weight is 451 g/mol. The number of piperidine rings is 1. The first-order valence-corrected chi connectivity index (χ1v) is 11.4. The molecule has 5 heterocycles. The molecular weight excluding hydrogens is 424 g/mol. The smallest absolute Gasteiger partial charge is 0.212 e. The number of methoxy groups -OCH3 is 1. The largest absolute Gasteiger partial charge is 0.481 e. The van der Waals surface area contributed by atoms with Crippen LogP contribution in [-0.4, -0.2) is 56.9 Å². The molecule has 0 spiro atoms. The second-order valence-electron chi connectivity index (χ2n) is 8.39. The monoisotopic (exact) mass is 450 g/mol. The molecule has 0 unspecified atom stereocenters. The third-order valence-electron chi connectivity index (χ3n) is 6.38. The van der Waals surface area contributed by atoms with Crippen molar-refractivity contribution in [3.8, 4) is 28.1 Å². The zero-order valence-electron chi connectivity index (χ0n) is 18.6. The van der Waals surface area contributed by atoms with E-state index in [1.54, 1.807) is 7.11 Å². The van der Waals surface area contributed by atoms with Gasteiger partial charge in [-0.15, -0.1) is 0 Å². The summed E-state index contributed by atoms with van der Waals surface area (Å²) in [4.78, 5) is 14.9. The number of hydrogen-bond donors (Lipinski definition) is 1. The Kier molecular flexibility index (Phi) is 5.61. The number of aromatic nitrogens is 5. The first-order chi connectivity index (χ1) is 15.6. The van der Waals surface area contributed by atoms with Crippen LogP contribution in [0.1, 0.15) is 31.5 Å². The van der Waals surface area contributed by atoms with Crippen LogP contribution in [0.2, 0.25) is 5.15 Å². The normalized spacial score (nSPS) is 15.5. The van der Waals surface area contributed by atoms with Crippen LogP contribution in [-0.2, 0) is 6.42 Å². The molecule has 166 valence electrons. The molecule has 0 saturated carbocycles. The summed E-state index contributed by atoms with van der Waals surface area (Å²) in [6.07, 6.45) is 8.81. The molecular formula is C24H27ClN6O. The van der Waals surface area contributed by atoms with Crippen molar-refractivity contribution in [1.82, 2.24) is 29.6 Å². The van der Waals surface area contributed by atoms with E-state index in [0.717, 1.165) is 71.3 Å². The van der Waals surface area contributed by atoms with Crippen molar-refractivity contribution in [1.29, 1.82) is 0 Å². The molecule has 1 N–H and O–H groups in total. The van der Waals surface area contributed by atoms with Crippen LogP contribution in [0.3, 0.4) is 0 Å². The summed E-state index contributed by atoms with van der Waals surface area (Å²) >= 11 is 6.60. The number of hydrogen-bond acceptors (Lipinski definition) is 5. The summed E-state index contributed by atoms with van der Waals surface area (Å²) in [6, 6.07) is 6.45. The van der Waals surface area contributed by atoms with E-state index in [-0.39, 0.29) is 0 Å². The fourth-order valence-electron chi connectivity index (χ4n) is 4.52. The lowest BCUT2D eigenvalue weighted by Gasteiger charge is -2.28. The highest BCUT2D eigenvalue weighted by molar-refractivity contribution is 6.32. The summed E-state index contributed by atoms with van der Waals surface area (Å²) in [5.41, 5.74) is 6.01. The molecule has 1 fully saturated rings. The zero-order chi connectivity index (χ0) is 22.2. The van der Waals surface area contributed by atoms with Gasteiger partial charge in [0.25, 0.3) is 0 Å². The lowest BCUT2D eigenvalue weighted by molar-refractivity contribution is 0.212. The molecule has 0 amide bonds. The number of fused-ring (bicyclic) bond motifs is 1. The Labute approximate surface area is 192 Å². The van der Waals surface area contributed by atoms with Crippen molar-refractivity contribution in [2.24, 2.45) is 0 Å². The maximum Gasteiger partial charge on any atom is 0.212 e. The van der Waals surface area contributed by atoms with Gasteiger partial charge in [0.2, 0.25) is 5.88 Å². The molecule has 0 atom stereocenters. The van der Waals surface area contributed by atoms with Gasteiger partial charge in [0.1, 0.15) is 5.65 Å². The SMILES string of the molecule is CCc1[nH]c2ncc(-c3cn(C4CCN(C)CC4)nc3Cl)cc2c1-c1ccc(OC)nc1.